The molecule has 1 fully saturated rings. The SMILES string of the molecule is COc1ccc(C(=O)N2CCC(C(=O)N[C@H](Cc3c[nH]c4ccccc34)C(=O)N3CC(CN(C)C)Cc4cc(Cl)ccc43)CC2)cc1. The van der Waals surface area contributed by atoms with E-state index in [0.717, 1.165) is 40.7 Å². The number of halogens is 1. The number of amides is 3. The number of nitrogens with one attached hydrogen (secondary N) is 2. The van der Waals surface area contributed by atoms with Crippen LogP contribution in [0.3, 0.4) is 0 Å². The number of para-hydroxylation sites is 1. The van der Waals surface area contributed by atoms with E-state index in [2.05, 4.69) is 15.2 Å². The lowest BCUT2D eigenvalue weighted by Crippen LogP contribution is -2.54. The second-order valence-corrected chi connectivity index (χ2v) is 13.4. The van der Waals surface area contributed by atoms with Crippen molar-refractivity contribution in [2.24, 2.45) is 11.8 Å². The van der Waals surface area contributed by atoms with E-state index < -0.39 is 6.04 Å². The maximum absolute atomic E-state index is 14.6. The van der Waals surface area contributed by atoms with Crippen molar-refractivity contribution >= 4 is 45.9 Å². The molecule has 3 heterocycles. The molecule has 4 aromatic rings. The number of likely N-dealkylation sites (tertiary alicyclic amines) is 1. The van der Waals surface area contributed by atoms with Gasteiger partial charge >= 0.3 is 0 Å². The monoisotopic (exact) mass is 655 g/mol. The fraction of sp³-hybridized carbons (Fsp3) is 0.378. The molecule has 6 rings (SSSR count). The van der Waals surface area contributed by atoms with Crippen LogP contribution in [0.4, 0.5) is 5.69 Å². The molecular weight excluding hydrogens is 614 g/mol. The molecule has 2 aliphatic heterocycles. The van der Waals surface area contributed by atoms with E-state index in [-0.39, 0.29) is 29.6 Å². The summed E-state index contributed by atoms with van der Waals surface area (Å²) >= 11 is 6.40. The summed E-state index contributed by atoms with van der Waals surface area (Å²) in [6.45, 7) is 2.31. The second-order valence-electron chi connectivity index (χ2n) is 13.0. The predicted octanol–water partition coefficient (Wildman–Crippen LogP) is 5.18. The maximum atomic E-state index is 14.6. The van der Waals surface area contributed by atoms with Crippen LogP contribution in [0.5, 0.6) is 5.75 Å². The van der Waals surface area contributed by atoms with E-state index in [1.54, 1.807) is 36.3 Å². The minimum absolute atomic E-state index is 0.0601. The topological polar surface area (TPSA) is 98.0 Å². The van der Waals surface area contributed by atoms with Crippen LogP contribution < -0.4 is 15.0 Å². The Balaban J connectivity index is 1.21. The Morgan fingerprint density at radius 3 is 2.51 bits per heavy atom. The Labute approximate surface area is 280 Å². The number of hydrogen-bond acceptors (Lipinski definition) is 5. The Morgan fingerprint density at radius 2 is 1.79 bits per heavy atom. The molecule has 0 saturated carbocycles. The fourth-order valence-electron chi connectivity index (χ4n) is 7.02. The number of hydrogen-bond donors (Lipinski definition) is 2. The number of methoxy groups -OCH3 is 1. The number of aromatic amines is 1. The van der Waals surface area contributed by atoms with Crippen LogP contribution in [0.15, 0.2) is 72.9 Å². The number of ether oxygens (including phenoxy) is 1. The third kappa shape index (κ3) is 7.31. The van der Waals surface area contributed by atoms with Crippen molar-refractivity contribution < 1.29 is 19.1 Å². The molecule has 0 aliphatic carbocycles. The molecule has 2 N–H and O–H groups in total. The van der Waals surface area contributed by atoms with Gasteiger partial charge in [0.25, 0.3) is 5.91 Å². The lowest BCUT2D eigenvalue weighted by atomic mass is 9.90. The first-order chi connectivity index (χ1) is 22.7. The average molecular weight is 656 g/mol. The van der Waals surface area contributed by atoms with Crippen LogP contribution >= 0.6 is 11.6 Å². The summed E-state index contributed by atoms with van der Waals surface area (Å²) in [7, 11) is 5.67. The Morgan fingerprint density at radius 1 is 1.04 bits per heavy atom. The summed E-state index contributed by atoms with van der Waals surface area (Å²) in [5.41, 5.74) is 4.43. The average Bonchev–Trinajstić information content (AvgIpc) is 3.49. The van der Waals surface area contributed by atoms with Gasteiger partial charge in [-0.1, -0.05) is 29.8 Å². The smallest absolute Gasteiger partial charge is 0.253 e. The number of benzene rings is 3. The molecule has 0 spiro atoms. The number of piperidine rings is 1. The predicted molar refractivity (Wildman–Crippen MR) is 185 cm³/mol. The van der Waals surface area contributed by atoms with E-state index in [4.69, 9.17) is 16.3 Å². The number of nitrogens with zero attached hydrogens (tertiary/aromatic N) is 3. The van der Waals surface area contributed by atoms with Gasteiger partial charge in [-0.15, -0.1) is 0 Å². The van der Waals surface area contributed by atoms with Crippen LogP contribution in [0.25, 0.3) is 10.9 Å². The van der Waals surface area contributed by atoms with Gasteiger partial charge in [0.15, 0.2) is 0 Å². The van der Waals surface area contributed by atoms with Gasteiger partial charge in [-0.2, -0.15) is 0 Å². The molecule has 0 radical (unpaired) electrons. The van der Waals surface area contributed by atoms with Crippen molar-refractivity contribution in [2.45, 2.75) is 31.7 Å². The molecule has 9 nitrogen and oxygen atoms in total. The summed E-state index contributed by atoms with van der Waals surface area (Å²) in [4.78, 5) is 50.7. The van der Waals surface area contributed by atoms with Gasteiger partial charge in [-0.05, 0) is 98.9 Å². The van der Waals surface area contributed by atoms with E-state index in [0.29, 0.717) is 55.2 Å². The van der Waals surface area contributed by atoms with Crippen molar-refractivity contribution in [1.29, 1.82) is 0 Å². The molecule has 3 amide bonds. The summed E-state index contributed by atoms with van der Waals surface area (Å²) in [5.74, 6) is 0.258. The fourth-order valence-corrected chi connectivity index (χ4v) is 7.21. The Hall–Kier alpha value is -4.34. The van der Waals surface area contributed by atoms with Crippen molar-refractivity contribution in [1.82, 2.24) is 20.1 Å². The highest BCUT2D eigenvalue weighted by atomic mass is 35.5. The quantitative estimate of drug-likeness (QED) is 0.259. The van der Waals surface area contributed by atoms with Gasteiger partial charge in [-0.3, -0.25) is 14.4 Å². The van der Waals surface area contributed by atoms with E-state index in [1.165, 1.54) is 0 Å². The van der Waals surface area contributed by atoms with Gasteiger partial charge < -0.3 is 29.7 Å². The third-order valence-electron chi connectivity index (χ3n) is 9.37. The number of carbonyl (C=O) groups is 3. The Kier molecular flexibility index (Phi) is 9.84. The largest absolute Gasteiger partial charge is 0.497 e. The number of aromatic nitrogens is 1. The number of H-pyrrole nitrogens is 1. The van der Waals surface area contributed by atoms with Crippen LogP contribution in [0.2, 0.25) is 5.02 Å². The zero-order valence-electron chi connectivity index (χ0n) is 27.2. The summed E-state index contributed by atoms with van der Waals surface area (Å²) in [5, 5.41) is 4.84. The van der Waals surface area contributed by atoms with Crippen molar-refractivity contribution in [2.75, 3.05) is 52.3 Å². The molecule has 2 atom stereocenters. The van der Waals surface area contributed by atoms with E-state index in [9.17, 15) is 14.4 Å². The van der Waals surface area contributed by atoms with E-state index in [1.807, 2.05) is 67.7 Å². The third-order valence-corrected chi connectivity index (χ3v) is 9.61. The van der Waals surface area contributed by atoms with Gasteiger partial charge in [0.1, 0.15) is 11.8 Å². The molecule has 10 heteroatoms. The van der Waals surface area contributed by atoms with Crippen molar-refractivity contribution in [3.63, 3.8) is 0 Å². The minimum Gasteiger partial charge on any atom is -0.497 e. The normalized spacial score (nSPS) is 17.4. The van der Waals surface area contributed by atoms with Gasteiger partial charge in [0, 0.05) is 71.9 Å². The molecule has 1 unspecified atom stereocenters. The number of carbonyl (C=O) groups excluding carboxylic acids is 3. The molecule has 1 aromatic heterocycles. The first-order valence-electron chi connectivity index (χ1n) is 16.2. The number of rotatable bonds is 9. The van der Waals surface area contributed by atoms with Gasteiger partial charge in [0.2, 0.25) is 11.8 Å². The van der Waals surface area contributed by atoms with Gasteiger partial charge in [-0.25, -0.2) is 0 Å². The molecular formula is C37H42ClN5O4. The summed E-state index contributed by atoms with van der Waals surface area (Å²) in [6.07, 6.45) is 4.15. The Bertz CT molecular complexity index is 1750. The van der Waals surface area contributed by atoms with Gasteiger partial charge in [0.05, 0.1) is 7.11 Å². The van der Waals surface area contributed by atoms with Crippen molar-refractivity contribution in [3.8, 4) is 5.75 Å². The molecule has 3 aromatic carbocycles. The molecule has 2 aliphatic rings. The highest BCUT2D eigenvalue weighted by Gasteiger charge is 2.36. The highest BCUT2D eigenvalue weighted by molar-refractivity contribution is 6.30. The van der Waals surface area contributed by atoms with Crippen LogP contribution in [0, 0.1) is 11.8 Å². The van der Waals surface area contributed by atoms with Crippen LogP contribution in [-0.4, -0.2) is 85.9 Å². The lowest BCUT2D eigenvalue weighted by molar-refractivity contribution is -0.131. The zero-order valence-corrected chi connectivity index (χ0v) is 27.9. The molecule has 47 heavy (non-hydrogen) atoms. The standard InChI is InChI=1S/C37H42ClN5O4/c1-41(2)22-24-18-27-19-29(38)10-13-34(27)43(23-24)37(46)33(20-28-21-39-32-7-5-4-6-31(28)32)40-35(44)25-14-16-42(17-15-25)36(45)26-8-11-30(47-3)12-9-26/h4-13,19,21,24-25,33,39H,14-18,20,22-23H2,1-3H3,(H,40,44)/t24?,33-/m1/s1. The first kappa shape index (κ1) is 32.6. The minimum atomic E-state index is -0.776. The molecule has 0 bridgehead atoms. The number of anilines is 1. The second kappa shape index (κ2) is 14.2. The summed E-state index contributed by atoms with van der Waals surface area (Å²) in [6, 6.07) is 20.0. The number of fused-ring (bicyclic) bond motifs is 2. The lowest BCUT2D eigenvalue weighted by Gasteiger charge is -2.38. The van der Waals surface area contributed by atoms with Crippen molar-refractivity contribution in [3.05, 3.63) is 94.6 Å². The molecule has 1 saturated heterocycles. The maximum Gasteiger partial charge on any atom is 0.253 e. The van der Waals surface area contributed by atoms with E-state index >= 15 is 0 Å². The molecule has 246 valence electrons. The highest BCUT2D eigenvalue weighted by Crippen LogP contribution is 2.33. The summed E-state index contributed by atoms with van der Waals surface area (Å²) < 4.78 is 5.21. The first-order valence-corrected chi connectivity index (χ1v) is 16.6. The van der Waals surface area contributed by atoms with Crippen LogP contribution in [-0.2, 0) is 22.4 Å². The zero-order chi connectivity index (χ0) is 33.1. The van der Waals surface area contributed by atoms with Crippen LogP contribution in [0.1, 0.15) is 34.3 Å².